The molecule has 0 saturated carbocycles. The third kappa shape index (κ3) is 1.97. The second kappa shape index (κ2) is 4.21. The fourth-order valence-electron chi connectivity index (χ4n) is 1.24. The molecule has 2 aromatic heterocycles. The second-order valence-electron chi connectivity index (χ2n) is 3.16. The number of hydrogen-bond acceptors (Lipinski definition) is 4. The Morgan fingerprint density at radius 2 is 2.38 bits per heavy atom. The third-order valence-electron chi connectivity index (χ3n) is 1.98. The third-order valence-corrected chi connectivity index (χ3v) is 2.36. The van der Waals surface area contributed by atoms with Crippen molar-refractivity contribution in [2.75, 3.05) is 5.32 Å². The van der Waals surface area contributed by atoms with Crippen molar-refractivity contribution < 1.29 is 0 Å². The highest BCUT2D eigenvalue weighted by Gasteiger charge is 2.07. The van der Waals surface area contributed by atoms with Gasteiger partial charge in [0.1, 0.15) is 11.1 Å². The molecule has 16 heavy (non-hydrogen) atoms. The zero-order valence-electron chi connectivity index (χ0n) is 8.48. The van der Waals surface area contributed by atoms with E-state index >= 15 is 0 Å². The molecule has 1 N–H and O–H groups in total. The molecule has 2 heterocycles. The molecule has 0 bridgehead atoms. The molecule has 0 fully saturated rings. The first-order chi connectivity index (χ1) is 7.70. The molecule has 0 unspecified atom stereocenters. The molecule has 0 aliphatic rings. The van der Waals surface area contributed by atoms with Gasteiger partial charge in [-0.15, -0.1) is 0 Å². The number of rotatable bonds is 2. The summed E-state index contributed by atoms with van der Waals surface area (Å²) in [7, 11) is 1.81. The maximum absolute atomic E-state index is 8.81. The van der Waals surface area contributed by atoms with E-state index in [4.69, 9.17) is 16.9 Å². The Morgan fingerprint density at radius 1 is 1.56 bits per heavy atom. The van der Waals surface area contributed by atoms with Gasteiger partial charge in [0, 0.05) is 19.4 Å². The molecule has 0 spiro atoms. The number of halogens is 1. The van der Waals surface area contributed by atoms with Gasteiger partial charge < -0.3 is 5.32 Å². The molecule has 2 aromatic rings. The standard InChI is InChI=1S/C10H8ClN5/c1-16-6-8(5-14-16)15-10-9(11)7(4-12)2-3-13-10/h2-3,5-6H,1H3,(H,13,15). The zero-order valence-corrected chi connectivity index (χ0v) is 9.23. The molecule has 0 aromatic carbocycles. The Morgan fingerprint density at radius 3 is 3.00 bits per heavy atom. The largest absolute Gasteiger partial charge is 0.336 e. The van der Waals surface area contributed by atoms with Gasteiger partial charge >= 0.3 is 0 Å². The van der Waals surface area contributed by atoms with Crippen LogP contribution in [0.25, 0.3) is 0 Å². The van der Waals surface area contributed by atoms with E-state index in [-0.39, 0.29) is 0 Å². The Bertz CT molecular complexity index is 555. The van der Waals surface area contributed by atoms with Gasteiger partial charge in [-0.3, -0.25) is 4.68 Å². The van der Waals surface area contributed by atoms with Crippen molar-refractivity contribution in [2.24, 2.45) is 7.05 Å². The summed E-state index contributed by atoms with van der Waals surface area (Å²) < 4.78 is 1.66. The number of nitrogens with one attached hydrogen (secondary N) is 1. The van der Waals surface area contributed by atoms with Crippen LogP contribution in [0.15, 0.2) is 24.7 Å². The smallest absolute Gasteiger partial charge is 0.150 e. The van der Waals surface area contributed by atoms with E-state index in [1.807, 2.05) is 13.1 Å². The van der Waals surface area contributed by atoms with Crippen molar-refractivity contribution in [3.05, 3.63) is 35.2 Å². The summed E-state index contributed by atoms with van der Waals surface area (Å²) in [6.45, 7) is 0. The Labute approximate surface area is 97.3 Å². The number of anilines is 2. The van der Waals surface area contributed by atoms with Gasteiger partial charge in [-0.05, 0) is 6.07 Å². The SMILES string of the molecule is Cn1cc(Nc2nccc(C#N)c2Cl)cn1. The lowest BCUT2D eigenvalue weighted by Crippen LogP contribution is -1.94. The van der Waals surface area contributed by atoms with Gasteiger partial charge in [0.2, 0.25) is 0 Å². The van der Waals surface area contributed by atoms with E-state index in [2.05, 4.69) is 15.4 Å². The number of nitrogens with zero attached hydrogens (tertiary/aromatic N) is 4. The number of hydrogen-bond donors (Lipinski definition) is 1. The molecule has 6 heteroatoms. The highest BCUT2D eigenvalue weighted by atomic mass is 35.5. The highest BCUT2D eigenvalue weighted by Crippen LogP contribution is 2.25. The molecular formula is C10H8ClN5. The van der Waals surface area contributed by atoms with Crippen LogP contribution >= 0.6 is 11.6 Å². The fraction of sp³-hybridized carbons (Fsp3) is 0.100. The minimum atomic E-state index is 0.314. The number of pyridine rings is 1. The minimum absolute atomic E-state index is 0.314. The highest BCUT2D eigenvalue weighted by molar-refractivity contribution is 6.34. The normalized spacial score (nSPS) is 9.81. The van der Waals surface area contributed by atoms with Gasteiger partial charge in [-0.1, -0.05) is 11.6 Å². The van der Waals surface area contributed by atoms with Crippen LogP contribution < -0.4 is 5.32 Å². The molecule has 0 amide bonds. The number of aromatic nitrogens is 3. The van der Waals surface area contributed by atoms with Crippen LogP contribution in [-0.4, -0.2) is 14.8 Å². The van der Waals surface area contributed by atoms with Crippen molar-refractivity contribution in [1.82, 2.24) is 14.8 Å². The predicted octanol–water partition coefficient (Wildman–Crippen LogP) is 2.08. The van der Waals surface area contributed by atoms with E-state index in [0.29, 0.717) is 16.4 Å². The molecule has 0 aliphatic heterocycles. The molecular weight excluding hydrogens is 226 g/mol. The van der Waals surface area contributed by atoms with Crippen molar-refractivity contribution >= 4 is 23.1 Å². The maximum atomic E-state index is 8.81. The summed E-state index contributed by atoms with van der Waals surface area (Å²) in [5.74, 6) is 0.453. The van der Waals surface area contributed by atoms with E-state index in [1.54, 1.807) is 23.1 Å². The molecule has 0 radical (unpaired) electrons. The van der Waals surface area contributed by atoms with Crippen molar-refractivity contribution in [2.45, 2.75) is 0 Å². The van der Waals surface area contributed by atoms with Crippen LogP contribution in [0.1, 0.15) is 5.56 Å². The first-order valence-electron chi connectivity index (χ1n) is 4.51. The van der Waals surface area contributed by atoms with E-state index < -0.39 is 0 Å². The number of nitriles is 1. The Balaban J connectivity index is 2.32. The summed E-state index contributed by atoms with van der Waals surface area (Å²) in [5, 5.41) is 16.1. The summed E-state index contributed by atoms with van der Waals surface area (Å²) in [5.41, 5.74) is 1.16. The zero-order chi connectivity index (χ0) is 11.5. The molecule has 0 saturated heterocycles. The summed E-state index contributed by atoms with van der Waals surface area (Å²) in [6, 6.07) is 3.56. The average molecular weight is 234 g/mol. The van der Waals surface area contributed by atoms with Crippen LogP contribution in [-0.2, 0) is 7.05 Å². The van der Waals surface area contributed by atoms with Crippen LogP contribution in [0, 0.1) is 11.3 Å². The first kappa shape index (κ1) is 10.5. The predicted molar refractivity (Wildman–Crippen MR) is 60.5 cm³/mol. The average Bonchev–Trinajstić information content (AvgIpc) is 2.67. The van der Waals surface area contributed by atoms with Crippen LogP contribution in [0.4, 0.5) is 11.5 Å². The first-order valence-corrected chi connectivity index (χ1v) is 4.89. The fourth-order valence-corrected chi connectivity index (χ4v) is 1.44. The van der Waals surface area contributed by atoms with E-state index in [0.717, 1.165) is 5.69 Å². The van der Waals surface area contributed by atoms with Gasteiger partial charge in [0.05, 0.1) is 17.4 Å². The van der Waals surface area contributed by atoms with Gasteiger partial charge in [-0.25, -0.2) is 4.98 Å². The lowest BCUT2D eigenvalue weighted by Gasteiger charge is -2.04. The maximum Gasteiger partial charge on any atom is 0.150 e. The summed E-state index contributed by atoms with van der Waals surface area (Å²) in [4.78, 5) is 4.06. The van der Waals surface area contributed by atoms with Crippen molar-refractivity contribution in [3.8, 4) is 6.07 Å². The lowest BCUT2D eigenvalue weighted by atomic mass is 10.3. The quantitative estimate of drug-likeness (QED) is 0.863. The molecule has 0 atom stereocenters. The topological polar surface area (TPSA) is 66.5 Å². The second-order valence-corrected chi connectivity index (χ2v) is 3.54. The lowest BCUT2D eigenvalue weighted by molar-refractivity contribution is 0.768. The number of aryl methyl sites for hydroxylation is 1. The molecule has 5 nitrogen and oxygen atoms in total. The Hall–Kier alpha value is -2.06. The van der Waals surface area contributed by atoms with Crippen molar-refractivity contribution in [3.63, 3.8) is 0 Å². The monoisotopic (exact) mass is 233 g/mol. The summed E-state index contributed by atoms with van der Waals surface area (Å²) >= 11 is 5.99. The molecule has 2 rings (SSSR count). The van der Waals surface area contributed by atoms with E-state index in [9.17, 15) is 0 Å². The van der Waals surface area contributed by atoms with E-state index in [1.165, 1.54) is 6.20 Å². The van der Waals surface area contributed by atoms with Crippen LogP contribution in [0.5, 0.6) is 0 Å². The minimum Gasteiger partial charge on any atom is -0.336 e. The Kier molecular flexibility index (Phi) is 2.75. The molecule has 0 aliphatic carbocycles. The summed E-state index contributed by atoms with van der Waals surface area (Å²) in [6.07, 6.45) is 4.97. The van der Waals surface area contributed by atoms with Crippen LogP contribution in [0.2, 0.25) is 5.02 Å². The van der Waals surface area contributed by atoms with Crippen molar-refractivity contribution in [1.29, 1.82) is 5.26 Å². The van der Waals surface area contributed by atoms with Gasteiger partial charge in [0.25, 0.3) is 0 Å². The molecule has 80 valence electrons. The van der Waals surface area contributed by atoms with Gasteiger partial charge in [-0.2, -0.15) is 10.4 Å². The van der Waals surface area contributed by atoms with Gasteiger partial charge in [0.15, 0.2) is 5.82 Å². The van der Waals surface area contributed by atoms with Crippen LogP contribution in [0.3, 0.4) is 0 Å².